The van der Waals surface area contributed by atoms with Crippen LogP contribution < -0.4 is 4.90 Å². The predicted molar refractivity (Wildman–Crippen MR) is 51.5 cm³/mol. The molecule has 0 amide bonds. The van der Waals surface area contributed by atoms with E-state index in [9.17, 15) is 22.0 Å². The molecule has 0 spiro atoms. The van der Waals surface area contributed by atoms with Crippen LogP contribution in [0.25, 0.3) is 0 Å². The first-order chi connectivity index (χ1) is 8.39. The third kappa shape index (κ3) is 2.29. The quantitative estimate of drug-likeness (QED) is 0.577. The summed E-state index contributed by atoms with van der Waals surface area (Å²) in [5.74, 6) is -1.83. The monoisotopic (exact) mass is 263 g/mol. The summed E-state index contributed by atoms with van der Waals surface area (Å²) in [6.45, 7) is 0.327. The van der Waals surface area contributed by atoms with Crippen LogP contribution in [0.5, 0.6) is 0 Å². The largest absolute Gasteiger partial charge is 0.436 e. The molecule has 0 N–H and O–H groups in total. The van der Waals surface area contributed by atoms with Crippen LogP contribution in [0.4, 0.5) is 27.8 Å². The highest BCUT2D eigenvalue weighted by atomic mass is 19.4. The van der Waals surface area contributed by atoms with Gasteiger partial charge < -0.3 is 0 Å². The first-order valence-corrected chi connectivity index (χ1v) is 4.51. The van der Waals surface area contributed by atoms with Crippen LogP contribution in [-0.2, 0) is 0 Å². The van der Waals surface area contributed by atoms with E-state index in [1.165, 1.54) is 12.3 Å². The number of hydrogen-bond donors (Lipinski definition) is 0. The van der Waals surface area contributed by atoms with Gasteiger partial charge in [-0.05, 0) is 6.07 Å². The molecular formula is C9H4F5N4. The molecular weight excluding hydrogens is 259 g/mol. The number of amidine groups is 1. The fraction of sp³-hybridized carbons (Fsp3) is 0.111. The van der Waals surface area contributed by atoms with E-state index in [0.717, 1.165) is 6.33 Å². The van der Waals surface area contributed by atoms with Gasteiger partial charge in [0.15, 0.2) is 11.5 Å². The highest BCUT2D eigenvalue weighted by molar-refractivity contribution is 5.93. The molecule has 0 aromatic carbocycles. The maximum atomic E-state index is 13.4. The number of halogens is 5. The average molecular weight is 263 g/mol. The van der Waals surface area contributed by atoms with Crippen LogP contribution in [-0.4, -0.2) is 22.2 Å². The van der Waals surface area contributed by atoms with E-state index in [1.54, 1.807) is 0 Å². The van der Waals surface area contributed by atoms with E-state index in [-0.39, 0.29) is 5.82 Å². The van der Waals surface area contributed by atoms with Gasteiger partial charge in [-0.15, -0.1) is 0 Å². The number of nitrogens with zero attached hydrogens (tertiary/aromatic N) is 4. The van der Waals surface area contributed by atoms with Gasteiger partial charge >= 0.3 is 6.18 Å². The zero-order valence-corrected chi connectivity index (χ0v) is 8.49. The number of allylic oxidation sites excluding steroid dienone is 1. The molecule has 1 aromatic rings. The van der Waals surface area contributed by atoms with Gasteiger partial charge in [-0.2, -0.15) is 22.6 Å². The zero-order chi connectivity index (χ0) is 13.3. The van der Waals surface area contributed by atoms with E-state index >= 15 is 0 Å². The number of aliphatic imine (C=N–C) groups is 1. The van der Waals surface area contributed by atoms with Crippen LogP contribution in [0.3, 0.4) is 0 Å². The van der Waals surface area contributed by atoms with E-state index in [2.05, 4.69) is 15.0 Å². The summed E-state index contributed by atoms with van der Waals surface area (Å²) in [6.07, 6.45) is -4.32. The molecule has 9 heteroatoms. The highest BCUT2D eigenvalue weighted by Crippen LogP contribution is 2.35. The van der Waals surface area contributed by atoms with Gasteiger partial charge in [0.25, 0.3) is 6.09 Å². The molecule has 1 aromatic heterocycles. The Labute approximate surface area is 97.5 Å². The van der Waals surface area contributed by atoms with Crippen molar-refractivity contribution in [3.05, 3.63) is 36.7 Å². The topological polar surface area (TPSA) is 41.4 Å². The summed E-state index contributed by atoms with van der Waals surface area (Å²) >= 11 is 0. The fourth-order valence-corrected chi connectivity index (χ4v) is 1.21. The van der Waals surface area contributed by atoms with Crippen LogP contribution in [0.1, 0.15) is 0 Å². The summed E-state index contributed by atoms with van der Waals surface area (Å²) in [4.78, 5) is 10.1. The van der Waals surface area contributed by atoms with Gasteiger partial charge in [0.1, 0.15) is 18.7 Å². The standard InChI is InChI=1S/C9H4F5N4/c10-5-3-18(6-1-2-15-4-16-6)8(11)17-7(5)9(12,13)14/h1-4H. The maximum Gasteiger partial charge on any atom is 0.436 e. The first-order valence-electron chi connectivity index (χ1n) is 4.51. The average Bonchev–Trinajstić information content (AvgIpc) is 2.31. The minimum absolute atomic E-state index is 0.136. The zero-order valence-electron chi connectivity index (χ0n) is 8.49. The van der Waals surface area contributed by atoms with E-state index in [0.29, 0.717) is 11.4 Å². The van der Waals surface area contributed by atoms with Crippen molar-refractivity contribution in [2.45, 2.75) is 6.18 Å². The van der Waals surface area contributed by atoms with Crippen molar-refractivity contribution in [3.63, 3.8) is 0 Å². The van der Waals surface area contributed by atoms with Crippen LogP contribution in [0.15, 0.2) is 35.1 Å². The molecule has 2 rings (SSSR count). The molecule has 1 aliphatic heterocycles. The third-order valence-electron chi connectivity index (χ3n) is 1.95. The molecule has 0 unspecified atom stereocenters. The lowest BCUT2D eigenvalue weighted by molar-refractivity contribution is -0.0944. The molecule has 1 radical (unpaired) electrons. The minimum atomic E-state index is -5.06. The smallest absolute Gasteiger partial charge is 0.274 e. The number of anilines is 1. The molecule has 2 heterocycles. The van der Waals surface area contributed by atoms with E-state index < -0.39 is 23.8 Å². The summed E-state index contributed by atoms with van der Waals surface area (Å²) in [5, 5.41) is 0. The molecule has 0 bridgehead atoms. The Morgan fingerprint density at radius 2 is 1.89 bits per heavy atom. The molecule has 4 nitrogen and oxygen atoms in total. The Balaban J connectivity index is 2.34. The van der Waals surface area contributed by atoms with Crippen molar-refractivity contribution in [2.75, 3.05) is 4.90 Å². The van der Waals surface area contributed by atoms with Gasteiger partial charge in [0.2, 0.25) is 0 Å². The lowest BCUT2D eigenvalue weighted by atomic mass is 10.3. The Kier molecular flexibility index (Phi) is 2.97. The number of aromatic nitrogens is 2. The SMILES string of the molecule is FC1=NC(C(F)(F)F)=C(F)[CH]N1c1ccncn1. The second-order valence-electron chi connectivity index (χ2n) is 3.14. The van der Waals surface area contributed by atoms with Crippen molar-refractivity contribution >= 4 is 11.9 Å². The Bertz CT molecular complexity index is 507. The van der Waals surface area contributed by atoms with Crippen molar-refractivity contribution in [3.8, 4) is 0 Å². The molecule has 0 saturated carbocycles. The van der Waals surface area contributed by atoms with Crippen molar-refractivity contribution in [1.29, 1.82) is 0 Å². The van der Waals surface area contributed by atoms with Gasteiger partial charge in [-0.3, -0.25) is 4.90 Å². The van der Waals surface area contributed by atoms with Crippen LogP contribution >= 0.6 is 0 Å². The lowest BCUT2D eigenvalue weighted by Crippen LogP contribution is -2.31. The molecule has 1 aliphatic rings. The Hall–Kier alpha value is -2.06. The number of hydrogen-bond acceptors (Lipinski definition) is 4. The number of alkyl halides is 3. The fourth-order valence-electron chi connectivity index (χ4n) is 1.21. The van der Waals surface area contributed by atoms with Gasteiger partial charge in [0, 0.05) is 6.20 Å². The second-order valence-corrected chi connectivity index (χ2v) is 3.14. The molecule has 0 atom stereocenters. The van der Waals surface area contributed by atoms with Gasteiger partial charge in [-0.25, -0.2) is 14.4 Å². The maximum absolute atomic E-state index is 13.4. The third-order valence-corrected chi connectivity index (χ3v) is 1.95. The minimum Gasteiger partial charge on any atom is -0.274 e. The predicted octanol–water partition coefficient (Wildman–Crippen LogP) is 2.53. The first kappa shape index (κ1) is 12.4. The molecule has 0 saturated heterocycles. The van der Waals surface area contributed by atoms with Crippen LogP contribution in [0.2, 0.25) is 0 Å². The molecule has 95 valence electrons. The summed E-state index contributed by atoms with van der Waals surface area (Å²) < 4.78 is 63.3. The summed E-state index contributed by atoms with van der Waals surface area (Å²) in [5.41, 5.74) is -1.91. The summed E-state index contributed by atoms with van der Waals surface area (Å²) in [6, 6.07) is 1.19. The van der Waals surface area contributed by atoms with E-state index in [4.69, 9.17) is 0 Å². The van der Waals surface area contributed by atoms with Gasteiger partial charge in [0.05, 0.1) is 0 Å². The normalized spacial score (nSPS) is 16.9. The van der Waals surface area contributed by atoms with Crippen molar-refractivity contribution < 1.29 is 22.0 Å². The van der Waals surface area contributed by atoms with Gasteiger partial charge in [-0.1, -0.05) is 0 Å². The Morgan fingerprint density at radius 1 is 1.17 bits per heavy atom. The van der Waals surface area contributed by atoms with Crippen LogP contribution in [0, 0.1) is 6.54 Å². The lowest BCUT2D eigenvalue weighted by Gasteiger charge is -2.23. The Morgan fingerprint density at radius 3 is 2.44 bits per heavy atom. The highest BCUT2D eigenvalue weighted by Gasteiger charge is 2.41. The second kappa shape index (κ2) is 4.31. The van der Waals surface area contributed by atoms with Crippen molar-refractivity contribution in [2.24, 2.45) is 4.99 Å². The summed E-state index contributed by atoms with van der Waals surface area (Å²) in [7, 11) is 0. The number of rotatable bonds is 1. The molecule has 18 heavy (non-hydrogen) atoms. The van der Waals surface area contributed by atoms with Crippen molar-refractivity contribution in [1.82, 2.24) is 9.97 Å². The molecule has 0 fully saturated rings. The molecule has 0 aliphatic carbocycles. The van der Waals surface area contributed by atoms with E-state index in [1.807, 2.05) is 0 Å².